The molecule has 0 radical (unpaired) electrons. The van der Waals surface area contributed by atoms with Crippen LogP contribution in [0.3, 0.4) is 0 Å². The van der Waals surface area contributed by atoms with Crippen LogP contribution in [0.25, 0.3) is 0 Å². The molecule has 0 aliphatic carbocycles. The first kappa shape index (κ1) is 9.83. The van der Waals surface area contributed by atoms with Gasteiger partial charge in [-0.1, -0.05) is 6.92 Å². The van der Waals surface area contributed by atoms with Crippen molar-refractivity contribution < 1.29 is 4.43 Å². The van der Waals surface area contributed by atoms with Crippen LogP contribution in [0, 0.1) is 0 Å². The van der Waals surface area contributed by atoms with E-state index in [-0.39, 0.29) is 23.1 Å². The summed E-state index contributed by atoms with van der Waals surface area (Å²) in [6.07, 6.45) is 1.99. The summed E-state index contributed by atoms with van der Waals surface area (Å²) >= 11 is 0. The highest BCUT2D eigenvalue weighted by atomic mass is 29.7. The Kier molecular flexibility index (Phi) is 3.68. The first-order chi connectivity index (χ1) is 5.17. The van der Waals surface area contributed by atoms with Crippen molar-refractivity contribution in [3.05, 3.63) is 0 Å². The molecule has 4 N–H and O–H groups in total. The third-order valence-electron chi connectivity index (χ3n) is 2.53. The fourth-order valence-electron chi connectivity index (χ4n) is 1.45. The summed E-state index contributed by atoms with van der Waals surface area (Å²) in [4.78, 5) is 0. The van der Waals surface area contributed by atoms with Crippen molar-refractivity contribution in [2.24, 2.45) is 11.5 Å². The van der Waals surface area contributed by atoms with E-state index in [0.717, 1.165) is 12.7 Å². The minimum atomic E-state index is -0.767. The molecule has 0 aromatic heterocycles. The third-order valence-corrected chi connectivity index (χ3v) is 39.1. The van der Waals surface area contributed by atoms with E-state index in [1.54, 1.807) is 0 Å². The van der Waals surface area contributed by atoms with E-state index in [4.69, 9.17) is 15.9 Å². The largest absolute Gasteiger partial charge is 0.432 e. The third kappa shape index (κ3) is 2.61. The smallest absolute Gasteiger partial charge is 0.139 e. The molecule has 1 saturated heterocycles. The standard InChI is InChI=1S/C4H18N2OSi4/c1-2-4(5,6)11-3-7-8-9-10-11/h11H,2-3,5-6,8-10H2,1H3. The summed E-state index contributed by atoms with van der Waals surface area (Å²) in [7, 11) is -0.130. The maximum absolute atomic E-state index is 6.02. The molecule has 0 saturated carbocycles. The summed E-state index contributed by atoms with van der Waals surface area (Å²) in [6.45, 7) is 2.11. The topological polar surface area (TPSA) is 61.3 Å². The van der Waals surface area contributed by atoms with Crippen LogP contribution in [0.1, 0.15) is 13.3 Å². The molecule has 1 aliphatic heterocycles. The van der Waals surface area contributed by atoms with Crippen molar-refractivity contribution in [3.8, 4) is 0 Å². The van der Waals surface area contributed by atoms with Crippen molar-refractivity contribution in [3.63, 3.8) is 0 Å². The van der Waals surface area contributed by atoms with Gasteiger partial charge in [0.05, 0.1) is 8.31 Å². The van der Waals surface area contributed by atoms with Gasteiger partial charge >= 0.3 is 0 Å². The molecule has 66 valence electrons. The van der Waals surface area contributed by atoms with E-state index in [2.05, 4.69) is 6.92 Å². The highest BCUT2D eigenvalue weighted by molar-refractivity contribution is 7.49. The Balaban J connectivity index is 2.43. The molecule has 1 aliphatic rings. The Labute approximate surface area is 75.8 Å². The molecule has 7 heteroatoms. The van der Waals surface area contributed by atoms with Crippen LogP contribution in [-0.2, 0) is 4.43 Å². The van der Waals surface area contributed by atoms with Crippen LogP contribution >= 0.6 is 0 Å². The summed E-state index contributed by atoms with van der Waals surface area (Å²) < 4.78 is 5.61. The second kappa shape index (κ2) is 4.12. The highest BCUT2D eigenvalue weighted by Gasteiger charge is 2.32. The minimum Gasteiger partial charge on any atom is -0.432 e. The molecule has 0 amide bonds. The number of nitrogens with two attached hydrogens (primary N) is 2. The fourth-order valence-corrected chi connectivity index (χ4v) is 46.2. The zero-order chi connectivity index (χ0) is 8.32. The van der Waals surface area contributed by atoms with Crippen LogP contribution in [-0.4, -0.2) is 46.2 Å². The van der Waals surface area contributed by atoms with Crippen LogP contribution in [0.4, 0.5) is 0 Å². The molecule has 11 heavy (non-hydrogen) atoms. The lowest BCUT2D eigenvalue weighted by atomic mass is 10.4. The first-order valence-corrected chi connectivity index (χ1v) is 17.6. The van der Waals surface area contributed by atoms with Gasteiger partial charge in [-0.25, -0.2) is 0 Å². The van der Waals surface area contributed by atoms with Gasteiger partial charge in [0.25, 0.3) is 0 Å². The molecule has 1 rings (SSSR count). The van der Waals surface area contributed by atoms with Gasteiger partial charge in [0.1, 0.15) is 9.28 Å². The Bertz CT molecular complexity index is 127. The predicted molar refractivity (Wildman–Crippen MR) is 60.1 cm³/mol. The second-order valence-electron chi connectivity index (χ2n) is 3.38. The van der Waals surface area contributed by atoms with E-state index >= 15 is 0 Å². The van der Waals surface area contributed by atoms with Gasteiger partial charge in [0.15, 0.2) is 0 Å². The maximum Gasteiger partial charge on any atom is 0.139 e. The molecular formula is C4H18N2OSi4. The lowest BCUT2D eigenvalue weighted by Crippen LogP contribution is -2.68. The molecule has 0 aromatic rings. The zero-order valence-electron chi connectivity index (χ0n) is 7.18. The predicted octanol–water partition coefficient (Wildman–Crippen LogP) is -3.91. The Hall–Kier alpha value is 0.748. The van der Waals surface area contributed by atoms with Crippen LogP contribution in [0.5, 0.6) is 0 Å². The first-order valence-electron chi connectivity index (χ1n) is 4.32. The van der Waals surface area contributed by atoms with Crippen molar-refractivity contribution in [1.82, 2.24) is 0 Å². The molecule has 0 spiro atoms. The number of hydrogen-bond acceptors (Lipinski definition) is 3. The normalized spacial score (nSPS) is 33.5. The molecular weight excluding hydrogens is 204 g/mol. The summed E-state index contributed by atoms with van der Waals surface area (Å²) in [6, 6.07) is 0. The fraction of sp³-hybridized carbons (Fsp3) is 1.00. The van der Waals surface area contributed by atoms with Crippen LogP contribution in [0.2, 0.25) is 0 Å². The molecule has 0 bridgehead atoms. The average Bonchev–Trinajstić information content (AvgIpc) is 2.06. The Morgan fingerprint density at radius 3 is 2.82 bits per heavy atom. The lowest BCUT2D eigenvalue weighted by Gasteiger charge is -2.34. The molecule has 1 unspecified atom stereocenters. The highest BCUT2D eigenvalue weighted by Crippen LogP contribution is 2.04. The van der Waals surface area contributed by atoms with E-state index in [0.29, 0.717) is 8.55 Å². The number of hydrogen-bond donors (Lipinski definition) is 2. The zero-order valence-corrected chi connectivity index (χ0v) is 12.6. The summed E-state index contributed by atoms with van der Waals surface area (Å²) in [5, 5.41) is -0.256. The van der Waals surface area contributed by atoms with Gasteiger partial charge in [0, 0.05) is 28.6 Å². The van der Waals surface area contributed by atoms with E-state index in [1.165, 1.54) is 0 Å². The van der Waals surface area contributed by atoms with Crippen LogP contribution in [0.15, 0.2) is 0 Å². The lowest BCUT2D eigenvalue weighted by molar-refractivity contribution is 0.406. The van der Waals surface area contributed by atoms with Gasteiger partial charge in [-0.05, 0) is 6.42 Å². The molecule has 0 aromatic carbocycles. The van der Waals surface area contributed by atoms with Gasteiger partial charge in [-0.3, -0.25) is 0 Å². The molecule has 3 nitrogen and oxygen atoms in total. The maximum atomic E-state index is 6.02. The van der Waals surface area contributed by atoms with E-state index < -0.39 is 8.31 Å². The van der Waals surface area contributed by atoms with Crippen molar-refractivity contribution in [1.29, 1.82) is 0 Å². The minimum absolute atomic E-state index is 0.0353. The average molecular weight is 223 g/mol. The van der Waals surface area contributed by atoms with Crippen molar-refractivity contribution in [2.45, 2.75) is 18.6 Å². The van der Waals surface area contributed by atoms with Gasteiger partial charge < -0.3 is 15.9 Å². The van der Waals surface area contributed by atoms with Gasteiger partial charge in [0.2, 0.25) is 0 Å². The Morgan fingerprint density at radius 1 is 1.64 bits per heavy atom. The summed E-state index contributed by atoms with van der Waals surface area (Å²) in [5.74, 6) is 0. The molecule has 1 fully saturated rings. The monoisotopic (exact) mass is 222 g/mol. The number of rotatable bonds is 2. The molecule has 1 atom stereocenters. The van der Waals surface area contributed by atoms with Crippen LogP contribution < -0.4 is 11.5 Å². The SMILES string of the molecule is CCC(N)(N)[SiH]1CO[SiH2][SiH2][SiH2]1. The van der Waals surface area contributed by atoms with Gasteiger partial charge in [-0.2, -0.15) is 0 Å². The van der Waals surface area contributed by atoms with Gasteiger partial charge in [-0.15, -0.1) is 0 Å². The quantitative estimate of drug-likeness (QED) is 0.371. The molecule has 1 heterocycles. The van der Waals surface area contributed by atoms with E-state index in [1.807, 2.05) is 0 Å². The second-order valence-corrected chi connectivity index (χ2v) is 27.9. The van der Waals surface area contributed by atoms with E-state index in [9.17, 15) is 0 Å². The summed E-state index contributed by atoms with van der Waals surface area (Å²) in [5.41, 5.74) is 12.0. The van der Waals surface area contributed by atoms with Crippen molar-refractivity contribution >= 4 is 34.7 Å². The van der Waals surface area contributed by atoms with Crippen molar-refractivity contribution in [2.75, 3.05) is 6.23 Å². The Morgan fingerprint density at radius 2 is 2.36 bits per heavy atom.